The lowest BCUT2D eigenvalue weighted by Gasteiger charge is -2.22. The van der Waals surface area contributed by atoms with Gasteiger partial charge in [-0.1, -0.05) is 6.07 Å². The Balaban J connectivity index is 1.78. The molecule has 0 saturated carbocycles. The van der Waals surface area contributed by atoms with Gasteiger partial charge in [-0.25, -0.2) is 9.67 Å². The van der Waals surface area contributed by atoms with Crippen molar-refractivity contribution < 1.29 is 14.8 Å². The second-order valence-corrected chi connectivity index (χ2v) is 6.02. The van der Waals surface area contributed by atoms with Crippen molar-refractivity contribution in [2.24, 2.45) is 0 Å². The molecular formula is C16H17N5O4. The third-order valence-corrected chi connectivity index (χ3v) is 4.31. The van der Waals surface area contributed by atoms with Crippen LogP contribution in [0.15, 0.2) is 24.4 Å². The molecule has 0 bridgehead atoms. The van der Waals surface area contributed by atoms with E-state index in [-0.39, 0.29) is 24.2 Å². The van der Waals surface area contributed by atoms with E-state index in [2.05, 4.69) is 15.1 Å². The predicted octanol–water partition coefficient (Wildman–Crippen LogP) is 2.53. The first-order valence-corrected chi connectivity index (χ1v) is 8.11. The smallest absolute Gasteiger partial charge is 0.318 e. The monoisotopic (exact) mass is 343 g/mol. The number of fused-ring (bicyclic) bond motifs is 1. The summed E-state index contributed by atoms with van der Waals surface area (Å²) in [6.07, 6.45) is 3.88. The van der Waals surface area contributed by atoms with Crippen LogP contribution in [0.5, 0.6) is 0 Å². The van der Waals surface area contributed by atoms with Crippen molar-refractivity contribution in [2.45, 2.75) is 32.1 Å². The zero-order valence-electron chi connectivity index (χ0n) is 13.4. The third kappa shape index (κ3) is 2.87. The van der Waals surface area contributed by atoms with Gasteiger partial charge in [0.25, 0.3) is 0 Å². The van der Waals surface area contributed by atoms with Gasteiger partial charge in [-0.15, -0.1) is 0 Å². The quantitative estimate of drug-likeness (QED) is 0.555. The molecule has 0 spiro atoms. The Morgan fingerprint density at radius 2 is 2.32 bits per heavy atom. The molecule has 1 unspecified atom stereocenters. The number of nitro groups is 1. The molecule has 1 saturated heterocycles. The summed E-state index contributed by atoms with van der Waals surface area (Å²) >= 11 is 0. The molecule has 9 heteroatoms. The number of aliphatic hydroxyl groups excluding tert-OH is 1. The Labute approximate surface area is 142 Å². The zero-order valence-corrected chi connectivity index (χ0v) is 13.4. The normalized spacial score (nSPS) is 17.9. The molecule has 130 valence electrons. The van der Waals surface area contributed by atoms with Crippen molar-refractivity contribution in [3.8, 4) is 11.5 Å². The van der Waals surface area contributed by atoms with Crippen molar-refractivity contribution in [1.82, 2.24) is 19.7 Å². The second-order valence-electron chi connectivity index (χ2n) is 6.02. The molecule has 3 heterocycles. The summed E-state index contributed by atoms with van der Waals surface area (Å²) in [5.41, 5.74) is 2.14. The van der Waals surface area contributed by atoms with Crippen LogP contribution in [-0.2, 0) is 11.3 Å². The van der Waals surface area contributed by atoms with Gasteiger partial charge in [0.05, 0.1) is 22.6 Å². The molecular weight excluding hydrogens is 326 g/mol. The summed E-state index contributed by atoms with van der Waals surface area (Å²) in [7, 11) is 0. The van der Waals surface area contributed by atoms with Gasteiger partial charge in [-0.2, -0.15) is 5.10 Å². The maximum Gasteiger partial charge on any atom is 0.318 e. The molecule has 2 N–H and O–H groups in total. The number of ether oxygens (including phenoxy) is 1. The Kier molecular flexibility index (Phi) is 3.94. The van der Waals surface area contributed by atoms with Crippen LogP contribution in [0.4, 0.5) is 5.69 Å². The molecule has 0 amide bonds. The summed E-state index contributed by atoms with van der Waals surface area (Å²) in [5.74, 6) is 0.325. The van der Waals surface area contributed by atoms with Crippen molar-refractivity contribution in [2.75, 3.05) is 6.61 Å². The zero-order chi connectivity index (χ0) is 17.4. The second kappa shape index (κ2) is 6.26. The van der Waals surface area contributed by atoms with Gasteiger partial charge in [0.15, 0.2) is 5.82 Å². The largest absolute Gasteiger partial charge is 0.392 e. The van der Waals surface area contributed by atoms with Crippen LogP contribution in [-0.4, -0.2) is 36.4 Å². The number of hydrogen-bond donors (Lipinski definition) is 2. The molecule has 1 aliphatic heterocycles. The average Bonchev–Trinajstić information content (AvgIpc) is 3.25. The highest BCUT2D eigenvalue weighted by atomic mass is 16.6. The van der Waals surface area contributed by atoms with Gasteiger partial charge in [0.2, 0.25) is 5.69 Å². The fraction of sp³-hybridized carbons (Fsp3) is 0.375. The van der Waals surface area contributed by atoms with Crippen LogP contribution in [0.25, 0.3) is 22.6 Å². The highest BCUT2D eigenvalue weighted by Crippen LogP contribution is 2.31. The number of nitrogens with zero attached hydrogens (tertiary/aromatic N) is 4. The number of rotatable bonds is 4. The number of aliphatic hydroxyl groups is 1. The van der Waals surface area contributed by atoms with Gasteiger partial charge in [0.1, 0.15) is 12.4 Å². The van der Waals surface area contributed by atoms with Crippen LogP contribution >= 0.6 is 0 Å². The van der Waals surface area contributed by atoms with Crippen LogP contribution in [0.2, 0.25) is 0 Å². The van der Waals surface area contributed by atoms with Crippen LogP contribution < -0.4 is 0 Å². The molecule has 2 aromatic heterocycles. The maximum absolute atomic E-state index is 11.4. The molecule has 0 aliphatic carbocycles. The SMILES string of the molecule is O=[N+]([O-])c1cn(C2CCCCO2)nc1-c1nc2cc(CO)ccc2[nH]1. The number of H-pyrrole nitrogens is 1. The number of imidazole rings is 1. The Morgan fingerprint density at radius 1 is 1.44 bits per heavy atom. The third-order valence-electron chi connectivity index (χ3n) is 4.31. The highest BCUT2D eigenvalue weighted by Gasteiger charge is 2.27. The summed E-state index contributed by atoms with van der Waals surface area (Å²) in [4.78, 5) is 18.4. The van der Waals surface area contributed by atoms with E-state index in [0.717, 1.165) is 30.3 Å². The van der Waals surface area contributed by atoms with Crippen molar-refractivity contribution in [1.29, 1.82) is 0 Å². The van der Waals surface area contributed by atoms with Gasteiger partial charge >= 0.3 is 5.69 Å². The minimum atomic E-state index is -0.464. The molecule has 1 fully saturated rings. The minimum absolute atomic E-state index is 0.0913. The predicted molar refractivity (Wildman–Crippen MR) is 88.7 cm³/mol. The first-order valence-electron chi connectivity index (χ1n) is 8.11. The van der Waals surface area contributed by atoms with E-state index in [9.17, 15) is 15.2 Å². The lowest BCUT2D eigenvalue weighted by molar-refractivity contribution is -0.384. The van der Waals surface area contributed by atoms with Gasteiger partial charge in [0, 0.05) is 6.61 Å². The van der Waals surface area contributed by atoms with E-state index in [1.807, 2.05) is 0 Å². The average molecular weight is 343 g/mol. The lowest BCUT2D eigenvalue weighted by atomic mass is 10.2. The van der Waals surface area contributed by atoms with Gasteiger partial charge < -0.3 is 14.8 Å². The molecule has 3 aromatic rings. The molecule has 1 atom stereocenters. The van der Waals surface area contributed by atoms with E-state index in [1.165, 1.54) is 10.9 Å². The van der Waals surface area contributed by atoms with E-state index in [4.69, 9.17) is 4.74 Å². The van der Waals surface area contributed by atoms with E-state index < -0.39 is 4.92 Å². The molecule has 1 aliphatic rings. The Bertz CT molecular complexity index is 926. The van der Waals surface area contributed by atoms with E-state index in [1.54, 1.807) is 18.2 Å². The summed E-state index contributed by atoms with van der Waals surface area (Å²) in [6.45, 7) is 0.536. The first kappa shape index (κ1) is 15.7. The molecule has 9 nitrogen and oxygen atoms in total. The molecule has 1 aromatic carbocycles. The topological polar surface area (TPSA) is 119 Å². The van der Waals surface area contributed by atoms with Crippen LogP contribution in [0.3, 0.4) is 0 Å². The van der Waals surface area contributed by atoms with Crippen LogP contribution in [0.1, 0.15) is 31.1 Å². The molecule has 4 rings (SSSR count). The Hall–Kier alpha value is -2.78. The van der Waals surface area contributed by atoms with Crippen molar-refractivity contribution in [3.05, 3.63) is 40.1 Å². The Morgan fingerprint density at radius 3 is 3.04 bits per heavy atom. The van der Waals surface area contributed by atoms with Gasteiger partial charge in [-0.05, 0) is 37.0 Å². The fourth-order valence-electron chi connectivity index (χ4n) is 3.03. The summed E-state index contributed by atoms with van der Waals surface area (Å²) < 4.78 is 7.17. The highest BCUT2D eigenvalue weighted by molar-refractivity contribution is 5.80. The lowest BCUT2D eigenvalue weighted by Crippen LogP contribution is -2.18. The number of aromatic nitrogens is 4. The number of benzene rings is 1. The van der Waals surface area contributed by atoms with E-state index in [0.29, 0.717) is 17.9 Å². The standard InChI is InChI=1S/C16H17N5O4/c22-9-10-4-5-11-12(7-10)18-16(17-11)15-13(21(23)24)8-20(19-15)14-3-1-2-6-25-14/h4-5,7-8,14,22H,1-3,6,9H2,(H,17,18). The number of aromatic amines is 1. The molecule has 0 radical (unpaired) electrons. The number of nitrogens with one attached hydrogen (secondary N) is 1. The maximum atomic E-state index is 11.4. The first-order chi connectivity index (χ1) is 12.2. The fourth-order valence-corrected chi connectivity index (χ4v) is 3.03. The van der Waals surface area contributed by atoms with Gasteiger partial charge in [-0.3, -0.25) is 10.1 Å². The van der Waals surface area contributed by atoms with Crippen LogP contribution in [0, 0.1) is 10.1 Å². The number of hydrogen-bond acceptors (Lipinski definition) is 6. The molecule has 25 heavy (non-hydrogen) atoms. The summed E-state index contributed by atoms with van der Waals surface area (Å²) in [5, 5.41) is 25.0. The van der Waals surface area contributed by atoms with Crippen molar-refractivity contribution in [3.63, 3.8) is 0 Å². The van der Waals surface area contributed by atoms with E-state index >= 15 is 0 Å². The minimum Gasteiger partial charge on any atom is -0.392 e. The summed E-state index contributed by atoms with van der Waals surface area (Å²) in [6, 6.07) is 5.29. The van der Waals surface area contributed by atoms with Crippen molar-refractivity contribution >= 4 is 16.7 Å².